The van der Waals surface area contributed by atoms with Crippen molar-refractivity contribution in [3.8, 4) is 5.75 Å². The molecule has 0 aromatic heterocycles. The van der Waals surface area contributed by atoms with Crippen molar-refractivity contribution in [1.29, 1.82) is 0 Å². The van der Waals surface area contributed by atoms with E-state index < -0.39 is 0 Å². The normalized spacial score (nSPS) is 21.5. The molecule has 2 nitrogen and oxygen atoms in total. The summed E-state index contributed by atoms with van der Waals surface area (Å²) in [5.74, 6) is 0.970. The summed E-state index contributed by atoms with van der Waals surface area (Å²) in [6, 6.07) is 6.25. The highest BCUT2D eigenvalue weighted by Gasteiger charge is 2.14. The highest BCUT2D eigenvalue weighted by atomic mass is 79.9. The molecule has 1 aliphatic rings. The van der Waals surface area contributed by atoms with E-state index in [0.29, 0.717) is 6.10 Å². The molecule has 0 saturated carbocycles. The summed E-state index contributed by atoms with van der Waals surface area (Å²) in [4.78, 5) is 0. The van der Waals surface area contributed by atoms with Gasteiger partial charge >= 0.3 is 0 Å². The number of benzene rings is 1. The summed E-state index contributed by atoms with van der Waals surface area (Å²) in [5, 5.41) is 3.40. The fourth-order valence-corrected chi connectivity index (χ4v) is 2.57. The average molecular weight is 284 g/mol. The van der Waals surface area contributed by atoms with Crippen LogP contribution in [0.4, 0.5) is 0 Å². The largest absolute Gasteiger partial charge is 0.489 e. The van der Waals surface area contributed by atoms with E-state index in [1.165, 1.54) is 12.0 Å². The SMILES string of the molecule is Cc1ccc(OC2CCCNCC2)c(Br)c1. The van der Waals surface area contributed by atoms with Crippen LogP contribution in [0, 0.1) is 6.92 Å². The van der Waals surface area contributed by atoms with Crippen LogP contribution in [0.25, 0.3) is 0 Å². The van der Waals surface area contributed by atoms with Gasteiger partial charge in [-0.25, -0.2) is 0 Å². The minimum atomic E-state index is 0.356. The third kappa shape index (κ3) is 3.22. The summed E-state index contributed by atoms with van der Waals surface area (Å²) in [5.41, 5.74) is 1.25. The van der Waals surface area contributed by atoms with Crippen LogP contribution < -0.4 is 10.1 Å². The smallest absolute Gasteiger partial charge is 0.133 e. The predicted octanol–water partition coefficient (Wildman–Crippen LogP) is 3.28. The number of aryl methyl sites for hydroxylation is 1. The number of rotatable bonds is 2. The third-order valence-electron chi connectivity index (χ3n) is 2.90. The van der Waals surface area contributed by atoms with Gasteiger partial charge in [0.25, 0.3) is 0 Å². The monoisotopic (exact) mass is 283 g/mol. The molecule has 1 unspecified atom stereocenters. The molecule has 1 aliphatic heterocycles. The first-order valence-corrected chi connectivity index (χ1v) is 6.68. The zero-order chi connectivity index (χ0) is 11.4. The molecule has 88 valence electrons. The maximum atomic E-state index is 6.03. The first-order valence-electron chi connectivity index (χ1n) is 5.89. The van der Waals surface area contributed by atoms with E-state index in [9.17, 15) is 0 Å². The molecule has 0 spiro atoms. The molecule has 0 radical (unpaired) electrons. The van der Waals surface area contributed by atoms with Gasteiger partial charge in [0.1, 0.15) is 11.9 Å². The Labute approximate surface area is 106 Å². The average Bonchev–Trinajstić information content (AvgIpc) is 2.51. The second-order valence-corrected chi connectivity index (χ2v) is 5.21. The Bertz CT molecular complexity index is 346. The first kappa shape index (κ1) is 11.9. The lowest BCUT2D eigenvalue weighted by molar-refractivity contribution is 0.186. The highest BCUT2D eigenvalue weighted by Crippen LogP contribution is 2.28. The second-order valence-electron chi connectivity index (χ2n) is 4.35. The van der Waals surface area contributed by atoms with Crippen LogP contribution in [0.5, 0.6) is 5.75 Å². The van der Waals surface area contributed by atoms with Gasteiger partial charge in [-0.15, -0.1) is 0 Å². The predicted molar refractivity (Wildman–Crippen MR) is 70.0 cm³/mol. The zero-order valence-electron chi connectivity index (χ0n) is 9.63. The Kier molecular flexibility index (Phi) is 4.24. The van der Waals surface area contributed by atoms with Crippen LogP contribution in [0.3, 0.4) is 0 Å². The van der Waals surface area contributed by atoms with Crippen molar-refractivity contribution in [3.05, 3.63) is 28.2 Å². The molecule has 0 aliphatic carbocycles. The van der Waals surface area contributed by atoms with Crippen molar-refractivity contribution in [3.63, 3.8) is 0 Å². The zero-order valence-corrected chi connectivity index (χ0v) is 11.2. The molecule has 16 heavy (non-hydrogen) atoms. The van der Waals surface area contributed by atoms with E-state index in [1.807, 2.05) is 0 Å². The molecule has 0 bridgehead atoms. The van der Waals surface area contributed by atoms with Crippen LogP contribution in [-0.4, -0.2) is 19.2 Å². The lowest BCUT2D eigenvalue weighted by Crippen LogP contribution is -2.19. The highest BCUT2D eigenvalue weighted by molar-refractivity contribution is 9.10. The fourth-order valence-electron chi connectivity index (χ4n) is 1.99. The van der Waals surface area contributed by atoms with Gasteiger partial charge in [0, 0.05) is 0 Å². The third-order valence-corrected chi connectivity index (χ3v) is 3.52. The van der Waals surface area contributed by atoms with Gasteiger partial charge in [-0.05, 0) is 72.9 Å². The number of hydrogen-bond donors (Lipinski definition) is 1. The Hall–Kier alpha value is -0.540. The summed E-state index contributed by atoms with van der Waals surface area (Å²) in [6.45, 7) is 4.27. The summed E-state index contributed by atoms with van der Waals surface area (Å²) >= 11 is 3.55. The Morgan fingerprint density at radius 3 is 3.00 bits per heavy atom. The number of halogens is 1. The molecule has 1 saturated heterocycles. The number of nitrogens with one attached hydrogen (secondary N) is 1. The van der Waals surface area contributed by atoms with Gasteiger partial charge < -0.3 is 10.1 Å². The first-order chi connectivity index (χ1) is 7.75. The van der Waals surface area contributed by atoms with Crippen LogP contribution in [0.15, 0.2) is 22.7 Å². The van der Waals surface area contributed by atoms with E-state index in [2.05, 4.69) is 46.4 Å². The maximum Gasteiger partial charge on any atom is 0.133 e. The van der Waals surface area contributed by atoms with E-state index in [-0.39, 0.29) is 0 Å². The van der Waals surface area contributed by atoms with Crippen LogP contribution in [0.1, 0.15) is 24.8 Å². The second kappa shape index (κ2) is 5.69. The van der Waals surface area contributed by atoms with Crippen LogP contribution >= 0.6 is 15.9 Å². The van der Waals surface area contributed by atoms with Crippen molar-refractivity contribution >= 4 is 15.9 Å². The van der Waals surface area contributed by atoms with E-state index >= 15 is 0 Å². The standard InChI is InChI=1S/C13H18BrNO/c1-10-4-5-13(12(14)9-10)16-11-3-2-7-15-8-6-11/h4-5,9,11,15H,2-3,6-8H2,1H3. The minimum absolute atomic E-state index is 0.356. The molecule has 1 aromatic rings. The van der Waals surface area contributed by atoms with E-state index in [1.54, 1.807) is 0 Å². The molecule has 1 atom stereocenters. The van der Waals surface area contributed by atoms with Crippen molar-refractivity contribution in [2.75, 3.05) is 13.1 Å². The van der Waals surface area contributed by atoms with Gasteiger partial charge in [0.2, 0.25) is 0 Å². The van der Waals surface area contributed by atoms with Gasteiger partial charge in [-0.1, -0.05) is 6.07 Å². The molecule has 1 aromatic carbocycles. The summed E-state index contributed by atoms with van der Waals surface area (Å²) in [6.07, 6.45) is 3.80. The quantitative estimate of drug-likeness (QED) is 0.900. The van der Waals surface area contributed by atoms with Crippen molar-refractivity contribution in [2.24, 2.45) is 0 Å². The van der Waals surface area contributed by atoms with Gasteiger partial charge in [-0.3, -0.25) is 0 Å². The molecule has 2 rings (SSSR count). The van der Waals surface area contributed by atoms with E-state index in [0.717, 1.165) is 36.2 Å². The molecular weight excluding hydrogens is 266 g/mol. The maximum absolute atomic E-state index is 6.03. The summed E-state index contributed by atoms with van der Waals surface area (Å²) in [7, 11) is 0. The molecule has 3 heteroatoms. The van der Waals surface area contributed by atoms with Crippen molar-refractivity contribution < 1.29 is 4.74 Å². The van der Waals surface area contributed by atoms with Crippen molar-refractivity contribution in [2.45, 2.75) is 32.3 Å². The molecule has 1 fully saturated rings. The van der Waals surface area contributed by atoms with Gasteiger partial charge in [-0.2, -0.15) is 0 Å². The summed E-state index contributed by atoms with van der Waals surface area (Å²) < 4.78 is 7.09. The van der Waals surface area contributed by atoms with Gasteiger partial charge in [0.05, 0.1) is 4.47 Å². The lowest BCUT2D eigenvalue weighted by atomic mass is 10.1. The fraction of sp³-hybridized carbons (Fsp3) is 0.538. The van der Waals surface area contributed by atoms with Crippen LogP contribution in [0.2, 0.25) is 0 Å². The van der Waals surface area contributed by atoms with Gasteiger partial charge in [0.15, 0.2) is 0 Å². The number of ether oxygens (including phenoxy) is 1. The van der Waals surface area contributed by atoms with E-state index in [4.69, 9.17) is 4.74 Å². The Morgan fingerprint density at radius 2 is 2.19 bits per heavy atom. The lowest BCUT2D eigenvalue weighted by Gasteiger charge is -2.17. The van der Waals surface area contributed by atoms with Crippen LogP contribution in [-0.2, 0) is 0 Å². The minimum Gasteiger partial charge on any atom is -0.489 e. The van der Waals surface area contributed by atoms with Crippen molar-refractivity contribution in [1.82, 2.24) is 5.32 Å². The Morgan fingerprint density at radius 1 is 1.31 bits per heavy atom. The molecule has 1 N–H and O–H groups in total. The Balaban J connectivity index is 2.01. The molecule has 1 heterocycles. The molecular formula is C13H18BrNO. The number of hydrogen-bond acceptors (Lipinski definition) is 2. The topological polar surface area (TPSA) is 21.3 Å². The molecule has 0 amide bonds.